The lowest BCUT2D eigenvalue weighted by molar-refractivity contribution is -0.138. The maximum Gasteiger partial charge on any atom is 0.346 e. The number of allylic oxidation sites excluding steroid dienone is 2. The van der Waals surface area contributed by atoms with Crippen LogP contribution in [-0.2, 0) is 19.1 Å². The number of unbranched alkanes of at least 4 members (excludes halogenated alkanes) is 2. The van der Waals surface area contributed by atoms with Gasteiger partial charge in [-0.25, -0.2) is 9.59 Å². The topological polar surface area (TPSA) is 55.8 Å². The number of ether oxygens (including phenoxy) is 2. The molecule has 154 valence electrons. The minimum atomic E-state index is -0.525. The molecule has 0 spiro atoms. The van der Waals surface area contributed by atoms with Crippen molar-refractivity contribution >= 4 is 52.9 Å². The largest absolute Gasteiger partial charge is 0.465 e. The fourth-order valence-electron chi connectivity index (χ4n) is 2.90. The van der Waals surface area contributed by atoms with E-state index in [9.17, 15) is 9.59 Å². The number of hydrogen-bond donors (Lipinski definition) is 0. The molecule has 0 saturated heterocycles. The summed E-state index contributed by atoms with van der Waals surface area (Å²) in [5, 5.41) is 1.14. The number of thioether (sulfide) groups is 3. The Hall–Kier alpha value is -1.77. The van der Waals surface area contributed by atoms with Crippen molar-refractivity contribution in [2.24, 2.45) is 0 Å². The summed E-state index contributed by atoms with van der Waals surface area (Å²) < 4.78 is 10.4. The van der Waals surface area contributed by atoms with E-state index in [2.05, 4.69) is 42.2 Å². The van der Waals surface area contributed by atoms with Gasteiger partial charge in [-0.15, -0.1) is 0 Å². The van der Waals surface area contributed by atoms with Gasteiger partial charge in [0.1, 0.15) is 9.81 Å². The van der Waals surface area contributed by atoms with Gasteiger partial charge in [0.25, 0.3) is 0 Å². The fraction of sp³-hybridized carbons (Fsp3) is 0.333. The summed E-state index contributed by atoms with van der Waals surface area (Å²) in [7, 11) is 2.61. The van der Waals surface area contributed by atoms with Crippen LogP contribution in [0.25, 0.3) is 0 Å². The number of esters is 2. The average Bonchev–Trinajstić information content (AvgIpc) is 3.33. The lowest BCUT2D eigenvalue weighted by atomic mass is 10.2. The second-order valence-corrected chi connectivity index (χ2v) is 9.69. The smallest absolute Gasteiger partial charge is 0.346 e. The molecule has 1 aromatic carbocycles. The number of benzene rings is 1. The van der Waals surface area contributed by atoms with E-state index in [-0.39, 0.29) is 9.81 Å². The third-order valence-corrected chi connectivity index (χ3v) is 7.92. The molecule has 0 amide bonds. The first-order valence-corrected chi connectivity index (χ1v) is 11.8. The van der Waals surface area contributed by atoms with Gasteiger partial charge in [0.15, 0.2) is 0 Å². The van der Waals surface area contributed by atoms with E-state index in [1.54, 1.807) is 11.8 Å². The van der Waals surface area contributed by atoms with Gasteiger partial charge >= 0.3 is 11.9 Å². The number of methoxy groups -OCH3 is 2. The highest BCUT2D eigenvalue weighted by Crippen LogP contribution is 2.51. The summed E-state index contributed by atoms with van der Waals surface area (Å²) in [5.74, 6) is -1.05. The van der Waals surface area contributed by atoms with Crippen molar-refractivity contribution < 1.29 is 19.1 Å². The van der Waals surface area contributed by atoms with Crippen LogP contribution in [0.3, 0.4) is 0 Å². The summed E-state index contributed by atoms with van der Waals surface area (Å²) >= 11 is 4.22. The molecule has 2 aliphatic heterocycles. The van der Waals surface area contributed by atoms with Crippen molar-refractivity contribution in [3.8, 4) is 0 Å². The molecule has 0 unspecified atom stereocenters. The van der Waals surface area contributed by atoms with E-state index < -0.39 is 11.9 Å². The summed E-state index contributed by atoms with van der Waals surface area (Å²) in [4.78, 5) is 28.2. The third-order valence-electron chi connectivity index (χ3n) is 4.34. The summed E-state index contributed by atoms with van der Waals surface area (Å²) in [6, 6.07) is 8.39. The van der Waals surface area contributed by atoms with Gasteiger partial charge in [-0.3, -0.25) is 0 Å². The van der Waals surface area contributed by atoms with Crippen LogP contribution in [0.1, 0.15) is 26.2 Å². The van der Waals surface area contributed by atoms with Crippen LogP contribution in [0, 0.1) is 0 Å². The predicted molar refractivity (Wildman–Crippen MR) is 122 cm³/mol. The molecule has 0 radical (unpaired) electrons. The molecule has 5 nitrogen and oxygen atoms in total. The Kier molecular flexibility index (Phi) is 7.80. The summed E-state index contributed by atoms with van der Waals surface area (Å²) in [5.41, 5.74) is 1.23. The second-order valence-electron chi connectivity index (χ2n) is 6.26. The number of fused-ring (bicyclic) bond motifs is 1. The number of rotatable bonds is 7. The monoisotopic (exact) mass is 449 g/mol. The van der Waals surface area contributed by atoms with E-state index in [0.717, 1.165) is 22.2 Å². The SMILES string of the molecule is CCCCCN1C(=CC=C2SC(C(=O)OC)=C(C(=O)OC)S2)Sc2ccccc21. The van der Waals surface area contributed by atoms with E-state index >= 15 is 0 Å². The van der Waals surface area contributed by atoms with Gasteiger partial charge in [-0.05, 0) is 30.7 Å². The minimum absolute atomic E-state index is 0.274. The van der Waals surface area contributed by atoms with Gasteiger partial charge in [-0.1, -0.05) is 67.2 Å². The van der Waals surface area contributed by atoms with E-state index in [1.165, 1.54) is 61.2 Å². The molecule has 0 atom stereocenters. The maximum atomic E-state index is 12.0. The van der Waals surface area contributed by atoms with Crippen molar-refractivity contribution in [1.82, 2.24) is 0 Å². The fourth-order valence-corrected chi connectivity index (χ4v) is 6.27. The first-order valence-electron chi connectivity index (χ1n) is 9.32. The van der Waals surface area contributed by atoms with Crippen molar-refractivity contribution in [3.63, 3.8) is 0 Å². The van der Waals surface area contributed by atoms with Crippen molar-refractivity contribution in [2.75, 3.05) is 25.7 Å². The molecule has 0 aromatic heterocycles. The van der Waals surface area contributed by atoms with Crippen molar-refractivity contribution in [2.45, 2.75) is 31.1 Å². The first kappa shape index (κ1) is 21.9. The van der Waals surface area contributed by atoms with E-state index in [4.69, 9.17) is 9.47 Å². The van der Waals surface area contributed by atoms with Crippen LogP contribution in [0.2, 0.25) is 0 Å². The molecular formula is C21H23NO4S3. The van der Waals surface area contributed by atoms with Gasteiger partial charge in [0.05, 0.1) is 29.2 Å². The maximum absolute atomic E-state index is 12.0. The van der Waals surface area contributed by atoms with Gasteiger partial charge in [0.2, 0.25) is 0 Å². The Labute approximate surface area is 184 Å². The Balaban J connectivity index is 1.81. The Morgan fingerprint density at radius 3 is 2.24 bits per heavy atom. The quantitative estimate of drug-likeness (QED) is 0.399. The summed E-state index contributed by atoms with van der Waals surface area (Å²) in [6.45, 7) is 3.17. The second kappa shape index (κ2) is 10.3. The van der Waals surface area contributed by atoms with Gasteiger partial charge < -0.3 is 14.4 Å². The Morgan fingerprint density at radius 1 is 0.966 bits per heavy atom. The molecule has 0 aliphatic carbocycles. The lowest BCUT2D eigenvalue weighted by Crippen LogP contribution is -2.18. The minimum Gasteiger partial charge on any atom is -0.465 e. The van der Waals surface area contributed by atoms with Crippen molar-refractivity contribution in [3.05, 3.63) is 55.5 Å². The first-order chi connectivity index (χ1) is 14.1. The van der Waals surface area contributed by atoms with Crippen LogP contribution in [0.5, 0.6) is 0 Å². The van der Waals surface area contributed by atoms with E-state index in [0.29, 0.717) is 0 Å². The highest BCUT2D eigenvalue weighted by atomic mass is 32.2. The molecule has 2 heterocycles. The highest BCUT2D eigenvalue weighted by molar-refractivity contribution is 8.29. The van der Waals surface area contributed by atoms with Crippen LogP contribution < -0.4 is 4.90 Å². The summed E-state index contributed by atoms with van der Waals surface area (Å²) in [6.07, 6.45) is 7.51. The number of anilines is 1. The van der Waals surface area contributed by atoms with Crippen LogP contribution in [0.15, 0.2) is 60.4 Å². The van der Waals surface area contributed by atoms with Crippen LogP contribution in [0.4, 0.5) is 5.69 Å². The molecule has 29 heavy (non-hydrogen) atoms. The van der Waals surface area contributed by atoms with Crippen molar-refractivity contribution in [1.29, 1.82) is 0 Å². The lowest BCUT2D eigenvalue weighted by Gasteiger charge is -2.20. The molecule has 0 N–H and O–H groups in total. The van der Waals surface area contributed by atoms with Crippen LogP contribution >= 0.6 is 35.3 Å². The normalized spacial score (nSPS) is 17.0. The standard InChI is InChI=1S/C21H23NO4S3/c1-4-5-8-13-22-14-9-6-7-10-15(14)27-16(22)11-12-17-28-18(20(23)25-2)19(29-17)21(24)26-3/h6-7,9-12H,4-5,8,13H2,1-3H3. The van der Waals surface area contributed by atoms with E-state index in [1.807, 2.05) is 6.08 Å². The molecule has 1 aromatic rings. The van der Waals surface area contributed by atoms with Gasteiger partial charge in [-0.2, -0.15) is 0 Å². The molecule has 0 saturated carbocycles. The number of carbonyl (C=O) groups excluding carboxylic acids is 2. The highest BCUT2D eigenvalue weighted by Gasteiger charge is 2.32. The molecule has 0 bridgehead atoms. The molecule has 8 heteroatoms. The zero-order chi connectivity index (χ0) is 20.8. The molecule has 2 aliphatic rings. The Morgan fingerprint density at radius 2 is 1.62 bits per heavy atom. The molecule has 0 fully saturated rings. The predicted octanol–water partition coefficient (Wildman–Crippen LogP) is 5.51. The zero-order valence-electron chi connectivity index (χ0n) is 16.6. The number of carbonyl (C=O) groups is 2. The number of hydrogen-bond acceptors (Lipinski definition) is 8. The zero-order valence-corrected chi connectivity index (χ0v) is 19.0. The number of nitrogens with zero attached hydrogens (tertiary/aromatic N) is 1. The molecule has 3 rings (SSSR count). The average molecular weight is 450 g/mol. The Bertz CT molecular complexity index is 862. The molecular weight excluding hydrogens is 426 g/mol. The third kappa shape index (κ3) is 5.05. The van der Waals surface area contributed by atoms with Crippen LogP contribution in [-0.4, -0.2) is 32.7 Å². The van der Waals surface area contributed by atoms with Gasteiger partial charge in [0, 0.05) is 11.4 Å². The number of para-hydroxylation sites is 1.